The van der Waals surface area contributed by atoms with Gasteiger partial charge in [0, 0.05) is 34.7 Å². The maximum atomic E-state index is 13.1. The smallest absolute Gasteiger partial charge is 0.319 e. The predicted octanol–water partition coefficient (Wildman–Crippen LogP) is 5.54. The summed E-state index contributed by atoms with van der Waals surface area (Å²) < 4.78 is 12.8. The number of nitrogens with one attached hydrogen (secondary N) is 2. The predicted molar refractivity (Wildman–Crippen MR) is 152 cm³/mol. The van der Waals surface area contributed by atoms with E-state index >= 15 is 0 Å². The van der Waals surface area contributed by atoms with Gasteiger partial charge in [0.1, 0.15) is 0 Å². The highest BCUT2D eigenvalue weighted by atomic mass is 32.2. The summed E-state index contributed by atoms with van der Waals surface area (Å²) in [5.41, 5.74) is 3.45. The number of carbonyl (C=O) groups is 1. The van der Waals surface area contributed by atoms with Crippen molar-refractivity contribution in [2.75, 3.05) is 23.4 Å². The lowest BCUT2D eigenvalue weighted by molar-refractivity contribution is -0.245. The van der Waals surface area contributed by atoms with Crippen LogP contribution in [0.3, 0.4) is 0 Å². The average Bonchev–Trinajstić information content (AvgIpc) is 2.92. The number of thioether (sulfide) groups is 1. The largest absolute Gasteiger partial charge is 0.396 e. The van der Waals surface area contributed by atoms with Crippen molar-refractivity contribution < 1.29 is 24.5 Å². The van der Waals surface area contributed by atoms with Crippen molar-refractivity contribution in [3.8, 4) is 0 Å². The maximum Gasteiger partial charge on any atom is 0.319 e. The van der Waals surface area contributed by atoms with E-state index in [1.807, 2.05) is 48.5 Å². The minimum absolute atomic E-state index is 0.00813. The second kappa shape index (κ2) is 11.8. The van der Waals surface area contributed by atoms with E-state index in [2.05, 4.69) is 10.6 Å². The summed E-state index contributed by atoms with van der Waals surface area (Å²) in [5, 5.41) is 25.1. The van der Waals surface area contributed by atoms with E-state index in [0.29, 0.717) is 12.2 Å². The number of aliphatic hydroxyl groups is 2. The van der Waals surface area contributed by atoms with Gasteiger partial charge in [0.05, 0.1) is 25.4 Å². The molecule has 0 unspecified atom stereocenters. The summed E-state index contributed by atoms with van der Waals surface area (Å²) >= 11 is 1.67. The second-order valence-corrected chi connectivity index (χ2v) is 13.2. The summed E-state index contributed by atoms with van der Waals surface area (Å²) in [5.74, 6) is 3.75. The highest BCUT2D eigenvalue weighted by Crippen LogP contribution is 2.55. The van der Waals surface area contributed by atoms with Crippen LogP contribution in [0.5, 0.6) is 0 Å². The number of amides is 2. The molecule has 2 amide bonds. The Bertz CT molecular complexity index is 1110. The van der Waals surface area contributed by atoms with Crippen molar-refractivity contribution in [1.29, 1.82) is 0 Å². The van der Waals surface area contributed by atoms with Crippen molar-refractivity contribution in [2.24, 2.45) is 17.8 Å². The summed E-state index contributed by atoms with van der Waals surface area (Å²) in [6.07, 6.45) is 7.32. The van der Waals surface area contributed by atoms with Gasteiger partial charge in [-0.25, -0.2) is 4.79 Å². The third-order valence-electron chi connectivity index (χ3n) is 8.99. The van der Waals surface area contributed by atoms with E-state index in [4.69, 9.17) is 9.47 Å². The number of rotatable bonds is 9. The molecule has 1 saturated heterocycles. The van der Waals surface area contributed by atoms with Gasteiger partial charge >= 0.3 is 6.03 Å². The SMILES string of the molecule is O=C(Nc1cccc([C@@H]2O[C@H](CSCCO)C[C@H](c3ccc(CO)cc3)O2)c1)NC12CC3CC(CC(C3)C1)C2. The number of hydrogen-bond donors (Lipinski definition) is 4. The second-order valence-electron chi connectivity index (χ2n) is 12.1. The molecule has 4 saturated carbocycles. The Labute approximate surface area is 235 Å². The lowest BCUT2D eigenvalue weighted by atomic mass is 9.53. The van der Waals surface area contributed by atoms with Gasteiger partial charge in [-0.05, 0) is 79.5 Å². The summed E-state index contributed by atoms with van der Waals surface area (Å²) in [4.78, 5) is 13.1. The Hall–Kier alpha value is -2.10. The molecule has 8 heteroatoms. The third kappa shape index (κ3) is 6.30. The molecule has 4 N–H and O–H groups in total. The topological polar surface area (TPSA) is 100 Å². The Morgan fingerprint density at radius 2 is 1.64 bits per heavy atom. The fraction of sp³-hybridized carbons (Fsp3) is 0.581. The fourth-order valence-electron chi connectivity index (χ4n) is 7.73. The van der Waals surface area contributed by atoms with Gasteiger partial charge in [-0.2, -0.15) is 11.8 Å². The molecule has 0 aromatic heterocycles. The van der Waals surface area contributed by atoms with Gasteiger partial charge in [0.15, 0.2) is 6.29 Å². The normalized spacial score (nSPS) is 33.2. The van der Waals surface area contributed by atoms with E-state index in [9.17, 15) is 15.0 Å². The molecular weight excluding hydrogens is 512 g/mol. The molecule has 4 bridgehead atoms. The monoisotopic (exact) mass is 552 g/mol. The van der Waals surface area contributed by atoms with Gasteiger partial charge in [0.2, 0.25) is 0 Å². The van der Waals surface area contributed by atoms with Gasteiger partial charge in [-0.1, -0.05) is 36.4 Å². The lowest BCUT2D eigenvalue weighted by Crippen LogP contribution is -2.60. The number of urea groups is 1. The molecule has 5 fully saturated rings. The van der Waals surface area contributed by atoms with E-state index in [-0.39, 0.29) is 37.0 Å². The van der Waals surface area contributed by atoms with Crippen LogP contribution >= 0.6 is 11.8 Å². The molecule has 4 aliphatic carbocycles. The van der Waals surface area contributed by atoms with Crippen LogP contribution in [0.2, 0.25) is 0 Å². The van der Waals surface area contributed by atoms with E-state index in [1.54, 1.807) is 11.8 Å². The highest BCUT2D eigenvalue weighted by Gasteiger charge is 2.51. The van der Waals surface area contributed by atoms with E-state index in [1.165, 1.54) is 19.3 Å². The van der Waals surface area contributed by atoms with Crippen molar-refractivity contribution in [3.63, 3.8) is 0 Å². The number of aliphatic hydroxyl groups excluding tert-OH is 2. The molecule has 5 aliphatic rings. The molecule has 0 radical (unpaired) electrons. The van der Waals surface area contributed by atoms with E-state index in [0.717, 1.165) is 65.1 Å². The first-order valence-electron chi connectivity index (χ1n) is 14.4. The number of carbonyl (C=O) groups excluding carboxylic acids is 1. The molecule has 0 spiro atoms. The van der Waals surface area contributed by atoms with Gasteiger partial charge < -0.3 is 30.3 Å². The third-order valence-corrected chi connectivity index (χ3v) is 10.1. The molecule has 2 aromatic rings. The fourth-order valence-corrected chi connectivity index (χ4v) is 8.51. The Balaban J connectivity index is 1.14. The molecule has 3 atom stereocenters. The number of ether oxygens (including phenoxy) is 2. The van der Waals surface area contributed by atoms with Crippen LogP contribution in [-0.4, -0.2) is 46.0 Å². The van der Waals surface area contributed by atoms with Crippen LogP contribution < -0.4 is 10.6 Å². The Morgan fingerprint density at radius 3 is 2.31 bits per heavy atom. The minimum Gasteiger partial charge on any atom is -0.396 e. The van der Waals surface area contributed by atoms with Crippen molar-refractivity contribution >= 4 is 23.5 Å². The van der Waals surface area contributed by atoms with Gasteiger partial charge in [-0.3, -0.25) is 0 Å². The maximum absolute atomic E-state index is 13.1. The molecule has 1 heterocycles. The molecular formula is C31H40N2O5S. The van der Waals surface area contributed by atoms with Crippen molar-refractivity contribution in [3.05, 3.63) is 65.2 Å². The summed E-state index contributed by atoms with van der Waals surface area (Å²) in [6, 6.07) is 15.5. The zero-order chi connectivity index (χ0) is 26.8. The van der Waals surface area contributed by atoms with Crippen molar-refractivity contribution in [1.82, 2.24) is 5.32 Å². The average molecular weight is 553 g/mol. The number of benzene rings is 2. The van der Waals surface area contributed by atoms with Crippen molar-refractivity contribution in [2.45, 2.75) is 75.6 Å². The molecule has 39 heavy (non-hydrogen) atoms. The zero-order valence-corrected chi connectivity index (χ0v) is 23.2. The first-order chi connectivity index (χ1) is 19.0. The molecule has 210 valence electrons. The first kappa shape index (κ1) is 27.1. The first-order valence-corrected chi connectivity index (χ1v) is 15.5. The molecule has 7 rings (SSSR count). The number of anilines is 1. The van der Waals surface area contributed by atoms with Crippen LogP contribution in [0, 0.1) is 17.8 Å². The van der Waals surface area contributed by atoms with Gasteiger partial charge in [-0.15, -0.1) is 0 Å². The van der Waals surface area contributed by atoms with Crippen LogP contribution in [0.1, 0.15) is 74.0 Å². The Kier molecular flexibility index (Phi) is 8.19. The van der Waals surface area contributed by atoms with E-state index < -0.39 is 6.29 Å². The molecule has 1 aliphatic heterocycles. The molecule has 7 nitrogen and oxygen atoms in total. The summed E-state index contributed by atoms with van der Waals surface area (Å²) in [7, 11) is 0. The standard InChI is InChI=1S/C31H40N2O5S/c34-8-9-39-19-27-14-28(24-6-4-20(18-35)5-7-24)38-29(37-27)25-2-1-3-26(13-25)32-30(36)33-31-15-21-10-22(16-31)12-23(11-21)17-31/h1-7,13,21-23,27-29,34-35H,8-12,14-19H2,(H2,32,33,36)/t21?,22?,23?,27-,28+,29+,31?/m0/s1. The van der Waals surface area contributed by atoms with Crippen LogP contribution in [0.15, 0.2) is 48.5 Å². The van der Waals surface area contributed by atoms with Crippen LogP contribution in [0.25, 0.3) is 0 Å². The van der Waals surface area contributed by atoms with Crippen LogP contribution in [0.4, 0.5) is 10.5 Å². The lowest BCUT2D eigenvalue weighted by Gasteiger charge is -2.56. The number of hydrogen-bond acceptors (Lipinski definition) is 6. The van der Waals surface area contributed by atoms with Crippen LogP contribution in [-0.2, 0) is 16.1 Å². The molecule has 2 aromatic carbocycles. The highest BCUT2D eigenvalue weighted by molar-refractivity contribution is 7.99. The Morgan fingerprint density at radius 1 is 0.923 bits per heavy atom. The minimum atomic E-state index is -0.575. The summed E-state index contributed by atoms with van der Waals surface area (Å²) in [6.45, 7) is 0.149. The zero-order valence-electron chi connectivity index (χ0n) is 22.4. The quantitative estimate of drug-likeness (QED) is 0.305. The van der Waals surface area contributed by atoms with Gasteiger partial charge in [0.25, 0.3) is 0 Å².